The predicted octanol–water partition coefficient (Wildman–Crippen LogP) is 4.69. The van der Waals surface area contributed by atoms with E-state index in [1.54, 1.807) is 26.2 Å². The van der Waals surface area contributed by atoms with Gasteiger partial charge in [-0.25, -0.2) is 9.78 Å². The van der Waals surface area contributed by atoms with E-state index in [9.17, 15) is 4.79 Å². The van der Waals surface area contributed by atoms with E-state index >= 15 is 0 Å². The quantitative estimate of drug-likeness (QED) is 0.793. The number of benzene rings is 1. The molecular formula is C17H21ClN2O2S. The summed E-state index contributed by atoms with van der Waals surface area (Å²) in [5, 5.41) is 4.94. The van der Waals surface area contributed by atoms with E-state index in [4.69, 9.17) is 17.7 Å². The third kappa shape index (κ3) is 5.84. The SMILES string of the molecule is [2H][C@@](Cc1ccccc1)(NC(=O)OC(C)(C)C)c1nc(CCl)cs1. The van der Waals surface area contributed by atoms with Gasteiger partial charge in [-0.15, -0.1) is 22.9 Å². The van der Waals surface area contributed by atoms with Gasteiger partial charge >= 0.3 is 6.09 Å². The largest absolute Gasteiger partial charge is 0.444 e. The fraction of sp³-hybridized carbons (Fsp3) is 0.412. The minimum absolute atomic E-state index is 0.268. The molecule has 1 aromatic carbocycles. The van der Waals surface area contributed by atoms with Crippen molar-refractivity contribution >= 4 is 29.0 Å². The Labute approximate surface area is 147 Å². The molecular weight excluding hydrogens is 332 g/mol. The Balaban J connectivity index is 2.28. The van der Waals surface area contributed by atoms with E-state index in [2.05, 4.69) is 10.3 Å². The summed E-state index contributed by atoms with van der Waals surface area (Å²) >= 11 is 7.12. The van der Waals surface area contributed by atoms with Gasteiger partial charge in [0.1, 0.15) is 10.6 Å². The van der Waals surface area contributed by atoms with Gasteiger partial charge in [0, 0.05) is 5.38 Å². The average molecular weight is 354 g/mol. The zero-order valence-electron chi connectivity index (χ0n) is 14.4. The number of ether oxygens (including phenoxy) is 1. The van der Waals surface area contributed by atoms with Crippen LogP contribution in [-0.2, 0) is 17.0 Å². The van der Waals surface area contributed by atoms with Crippen molar-refractivity contribution in [3.05, 3.63) is 52.0 Å². The number of hydrogen-bond acceptors (Lipinski definition) is 4. The molecule has 2 aromatic rings. The molecule has 0 radical (unpaired) electrons. The topological polar surface area (TPSA) is 51.2 Å². The number of alkyl carbamates (subject to hydrolysis) is 1. The van der Waals surface area contributed by atoms with Crippen LogP contribution in [0.15, 0.2) is 35.7 Å². The Morgan fingerprint density at radius 2 is 2.13 bits per heavy atom. The highest BCUT2D eigenvalue weighted by molar-refractivity contribution is 7.09. The summed E-state index contributed by atoms with van der Waals surface area (Å²) in [5.74, 6) is 0.268. The average Bonchev–Trinajstić information content (AvgIpc) is 2.95. The number of nitrogens with one attached hydrogen (secondary N) is 1. The van der Waals surface area contributed by atoms with Gasteiger partial charge in [0.2, 0.25) is 0 Å². The van der Waals surface area contributed by atoms with Crippen molar-refractivity contribution in [1.29, 1.82) is 0 Å². The zero-order valence-corrected chi connectivity index (χ0v) is 15.0. The number of amides is 1. The molecule has 0 aliphatic heterocycles. The lowest BCUT2D eigenvalue weighted by Crippen LogP contribution is -2.35. The van der Waals surface area contributed by atoms with Gasteiger partial charge in [-0.2, -0.15) is 0 Å². The summed E-state index contributed by atoms with van der Waals surface area (Å²) in [4.78, 5) is 16.6. The second kappa shape index (κ2) is 7.79. The summed E-state index contributed by atoms with van der Waals surface area (Å²) < 4.78 is 14.1. The highest BCUT2D eigenvalue weighted by Gasteiger charge is 2.22. The van der Waals surface area contributed by atoms with Crippen molar-refractivity contribution in [3.63, 3.8) is 0 Å². The van der Waals surface area contributed by atoms with Crippen LogP contribution in [-0.4, -0.2) is 16.7 Å². The van der Waals surface area contributed by atoms with Crippen LogP contribution in [0.2, 0.25) is 0 Å². The van der Waals surface area contributed by atoms with Crippen molar-refractivity contribution in [2.45, 2.75) is 44.7 Å². The van der Waals surface area contributed by atoms with E-state index in [0.717, 1.165) is 5.56 Å². The molecule has 124 valence electrons. The van der Waals surface area contributed by atoms with Gasteiger partial charge in [0.15, 0.2) is 0 Å². The monoisotopic (exact) mass is 353 g/mol. The van der Waals surface area contributed by atoms with Crippen LogP contribution >= 0.6 is 22.9 Å². The number of aromatic nitrogens is 1. The predicted molar refractivity (Wildman–Crippen MR) is 93.9 cm³/mol. The van der Waals surface area contributed by atoms with Crippen LogP contribution in [0.5, 0.6) is 0 Å². The molecule has 0 unspecified atom stereocenters. The van der Waals surface area contributed by atoms with Crippen LogP contribution < -0.4 is 5.32 Å². The first-order chi connectivity index (χ1) is 11.2. The lowest BCUT2D eigenvalue weighted by Gasteiger charge is -2.23. The Hall–Kier alpha value is -1.59. The molecule has 23 heavy (non-hydrogen) atoms. The number of carbonyl (C=O) groups is 1. The van der Waals surface area contributed by atoms with Crippen molar-refractivity contribution < 1.29 is 10.9 Å². The van der Waals surface area contributed by atoms with E-state index in [1.807, 2.05) is 30.3 Å². The smallest absolute Gasteiger partial charge is 0.408 e. The van der Waals surface area contributed by atoms with Crippen LogP contribution in [0, 0.1) is 0 Å². The van der Waals surface area contributed by atoms with Gasteiger partial charge in [-0.3, -0.25) is 0 Å². The number of hydrogen-bond donors (Lipinski definition) is 1. The van der Waals surface area contributed by atoms with Gasteiger partial charge in [0.25, 0.3) is 0 Å². The Morgan fingerprint density at radius 3 is 2.70 bits per heavy atom. The van der Waals surface area contributed by atoms with Gasteiger partial charge in [-0.1, -0.05) is 30.3 Å². The minimum Gasteiger partial charge on any atom is -0.444 e. The van der Waals surface area contributed by atoms with Gasteiger partial charge in [-0.05, 0) is 32.8 Å². The second-order valence-electron chi connectivity index (χ2n) is 6.05. The van der Waals surface area contributed by atoms with Crippen LogP contribution in [0.1, 0.15) is 44.4 Å². The molecule has 1 heterocycles. The molecule has 0 fully saturated rings. The third-order valence-electron chi connectivity index (χ3n) is 2.82. The molecule has 6 heteroatoms. The Bertz CT molecular complexity index is 687. The number of carbonyl (C=O) groups excluding carboxylic acids is 1. The molecule has 1 amide bonds. The molecule has 0 aliphatic carbocycles. The lowest BCUT2D eigenvalue weighted by molar-refractivity contribution is 0.0503. The number of thiazole rings is 1. The van der Waals surface area contributed by atoms with Crippen molar-refractivity contribution in [2.75, 3.05) is 0 Å². The van der Waals surface area contributed by atoms with Crippen LogP contribution in [0.3, 0.4) is 0 Å². The normalized spacial score (nSPS) is 14.7. The number of alkyl halides is 1. The number of rotatable bonds is 5. The fourth-order valence-corrected chi connectivity index (χ4v) is 2.95. The summed E-state index contributed by atoms with van der Waals surface area (Å²) in [6.07, 6.45) is -0.362. The minimum atomic E-state index is -1.42. The van der Waals surface area contributed by atoms with E-state index in [1.165, 1.54) is 11.3 Å². The fourth-order valence-electron chi connectivity index (χ4n) is 1.91. The Morgan fingerprint density at radius 1 is 1.43 bits per heavy atom. The molecule has 0 aliphatic rings. The van der Waals surface area contributed by atoms with Gasteiger partial charge < -0.3 is 10.1 Å². The van der Waals surface area contributed by atoms with E-state index in [-0.39, 0.29) is 12.3 Å². The molecule has 1 aromatic heterocycles. The van der Waals surface area contributed by atoms with Gasteiger partial charge in [0.05, 0.1) is 19.0 Å². The summed E-state index contributed by atoms with van der Waals surface area (Å²) in [6, 6.07) is 8.11. The Kier molecular flexibility index (Phi) is 5.51. The summed E-state index contributed by atoms with van der Waals surface area (Å²) in [5.41, 5.74) is 0.973. The molecule has 2 rings (SSSR count). The maximum absolute atomic E-state index is 12.2. The van der Waals surface area contributed by atoms with E-state index in [0.29, 0.717) is 10.7 Å². The van der Waals surface area contributed by atoms with E-state index < -0.39 is 17.7 Å². The molecule has 1 N–H and O–H groups in total. The maximum atomic E-state index is 12.2. The summed E-state index contributed by atoms with van der Waals surface area (Å²) in [7, 11) is 0. The highest BCUT2D eigenvalue weighted by atomic mass is 35.5. The first-order valence-electron chi connectivity index (χ1n) is 7.78. The third-order valence-corrected chi connectivity index (χ3v) is 4.05. The first kappa shape index (κ1) is 16.3. The number of nitrogens with zero attached hydrogens (tertiary/aromatic N) is 1. The maximum Gasteiger partial charge on any atom is 0.408 e. The molecule has 0 saturated heterocycles. The first-order valence-corrected chi connectivity index (χ1v) is 8.69. The molecule has 0 saturated carbocycles. The van der Waals surface area contributed by atoms with Crippen molar-refractivity contribution in [3.8, 4) is 0 Å². The van der Waals surface area contributed by atoms with Crippen molar-refractivity contribution in [1.82, 2.24) is 10.3 Å². The molecule has 0 spiro atoms. The molecule has 0 bridgehead atoms. The molecule has 4 nitrogen and oxygen atoms in total. The zero-order chi connectivity index (χ0) is 17.8. The molecule has 1 atom stereocenters. The lowest BCUT2D eigenvalue weighted by atomic mass is 10.1. The van der Waals surface area contributed by atoms with Crippen LogP contribution in [0.25, 0.3) is 0 Å². The highest BCUT2D eigenvalue weighted by Crippen LogP contribution is 2.23. The second-order valence-corrected chi connectivity index (χ2v) is 7.17. The standard InChI is InChI=1S/C17H21ClN2O2S/c1-17(2,3)22-16(21)20-14(9-12-7-5-4-6-8-12)15-19-13(10-18)11-23-15/h4-8,11,14H,9-10H2,1-3H3,(H,20,21)/t14-/m0/s1/i14D. The summed E-state index contributed by atoms with van der Waals surface area (Å²) in [6.45, 7) is 5.35. The number of halogens is 1. The van der Waals surface area contributed by atoms with Crippen LogP contribution in [0.4, 0.5) is 4.79 Å². The van der Waals surface area contributed by atoms with Crippen molar-refractivity contribution in [2.24, 2.45) is 0 Å².